The number of hydrogen-bond acceptors (Lipinski definition) is 2. The molecule has 0 saturated carbocycles. The second kappa shape index (κ2) is 4.58. The summed E-state index contributed by atoms with van der Waals surface area (Å²) in [6, 6.07) is 0. The number of ether oxygens (including phenoxy) is 1. The molecule has 0 N–H and O–H groups in total. The first-order valence-corrected chi connectivity index (χ1v) is 6.12. The molecule has 90 valence electrons. The fourth-order valence-electron chi connectivity index (χ4n) is 3.37. The Hall–Kier alpha value is -0.830. The molecule has 2 rings (SSSR count). The Morgan fingerprint density at radius 2 is 1.94 bits per heavy atom. The van der Waals surface area contributed by atoms with E-state index in [0.717, 1.165) is 26.3 Å². The molecule has 2 bridgehead atoms. The summed E-state index contributed by atoms with van der Waals surface area (Å²) in [7, 11) is 0. The molecule has 0 aromatic carbocycles. The summed E-state index contributed by atoms with van der Waals surface area (Å²) in [5, 5.41) is 0. The van der Waals surface area contributed by atoms with Crippen LogP contribution in [-0.4, -0.2) is 37.1 Å². The number of fused-ring (bicyclic) bond motifs is 2. The molecule has 2 heterocycles. The highest BCUT2D eigenvalue weighted by Crippen LogP contribution is 2.37. The Balaban J connectivity index is 2.11. The summed E-state index contributed by atoms with van der Waals surface area (Å²) in [6.45, 7) is 11.4. The van der Waals surface area contributed by atoms with Gasteiger partial charge in [0.15, 0.2) is 0 Å². The first-order chi connectivity index (χ1) is 7.63. The van der Waals surface area contributed by atoms with E-state index in [-0.39, 0.29) is 5.91 Å². The van der Waals surface area contributed by atoms with Gasteiger partial charge in [-0.05, 0) is 17.9 Å². The topological polar surface area (TPSA) is 29.5 Å². The lowest BCUT2D eigenvalue weighted by Crippen LogP contribution is -2.55. The second-order valence-corrected chi connectivity index (χ2v) is 5.33. The van der Waals surface area contributed by atoms with Gasteiger partial charge in [-0.25, -0.2) is 0 Å². The van der Waals surface area contributed by atoms with E-state index in [4.69, 9.17) is 4.74 Å². The number of carbonyl (C=O) groups is 1. The molecule has 1 amide bonds. The molecule has 0 aliphatic carbocycles. The molecule has 2 atom stereocenters. The number of rotatable bonds is 2. The van der Waals surface area contributed by atoms with Crippen molar-refractivity contribution in [3.63, 3.8) is 0 Å². The van der Waals surface area contributed by atoms with E-state index in [0.29, 0.717) is 23.7 Å². The van der Waals surface area contributed by atoms with Crippen LogP contribution < -0.4 is 0 Å². The van der Waals surface area contributed by atoms with Crippen molar-refractivity contribution in [2.24, 2.45) is 23.7 Å². The van der Waals surface area contributed by atoms with Gasteiger partial charge in [-0.2, -0.15) is 0 Å². The maximum absolute atomic E-state index is 11.6. The molecular weight excluding hydrogens is 202 g/mol. The van der Waals surface area contributed by atoms with Gasteiger partial charge in [0.25, 0.3) is 0 Å². The van der Waals surface area contributed by atoms with Crippen LogP contribution in [0.4, 0.5) is 0 Å². The molecule has 0 aromatic heterocycles. The van der Waals surface area contributed by atoms with Crippen molar-refractivity contribution in [2.75, 3.05) is 26.3 Å². The number of hydrogen-bond donors (Lipinski definition) is 0. The largest absolute Gasteiger partial charge is 0.381 e. The third kappa shape index (κ3) is 2.01. The SMILES string of the molecule is C=CC(=O)N1CC2COCC(C1)C2C(C)C. The van der Waals surface area contributed by atoms with Crippen LogP contribution >= 0.6 is 0 Å². The van der Waals surface area contributed by atoms with Crippen LogP contribution in [0.5, 0.6) is 0 Å². The highest BCUT2D eigenvalue weighted by molar-refractivity contribution is 5.87. The Bertz CT molecular complexity index is 274. The van der Waals surface area contributed by atoms with Crippen molar-refractivity contribution in [2.45, 2.75) is 13.8 Å². The summed E-state index contributed by atoms with van der Waals surface area (Å²) in [4.78, 5) is 13.6. The van der Waals surface area contributed by atoms with Gasteiger partial charge in [0.05, 0.1) is 13.2 Å². The summed E-state index contributed by atoms with van der Waals surface area (Å²) < 4.78 is 5.61. The van der Waals surface area contributed by atoms with Crippen molar-refractivity contribution in [1.82, 2.24) is 4.90 Å². The maximum Gasteiger partial charge on any atom is 0.245 e. The highest BCUT2D eigenvalue weighted by Gasteiger charge is 2.42. The van der Waals surface area contributed by atoms with Crippen LogP contribution in [0, 0.1) is 23.7 Å². The van der Waals surface area contributed by atoms with Gasteiger partial charge >= 0.3 is 0 Å². The van der Waals surface area contributed by atoms with Crippen LogP contribution in [0.3, 0.4) is 0 Å². The van der Waals surface area contributed by atoms with Crippen molar-refractivity contribution in [1.29, 1.82) is 0 Å². The van der Waals surface area contributed by atoms with Crippen molar-refractivity contribution < 1.29 is 9.53 Å². The van der Waals surface area contributed by atoms with Gasteiger partial charge < -0.3 is 9.64 Å². The summed E-state index contributed by atoms with van der Waals surface area (Å²) in [5.74, 6) is 2.48. The number of piperidine rings is 1. The number of carbonyl (C=O) groups excluding carboxylic acids is 1. The van der Waals surface area contributed by atoms with Gasteiger partial charge in [-0.1, -0.05) is 20.4 Å². The van der Waals surface area contributed by atoms with Crippen LogP contribution in [0.2, 0.25) is 0 Å². The first kappa shape index (κ1) is 11.6. The van der Waals surface area contributed by atoms with Gasteiger partial charge in [0.1, 0.15) is 0 Å². The van der Waals surface area contributed by atoms with Crippen LogP contribution in [-0.2, 0) is 9.53 Å². The second-order valence-electron chi connectivity index (χ2n) is 5.33. The van der Waals surface area contributed by atoms with Crippen molar-refractivity contribution in [3.8, 4) is 0 Å². The number of nitrogens with zero attached hydrogens (tertiary/aromatic N) is 1. The zero-order chi connectivity index (χ0) is 11.7. The van der Waals surface area contributed by atoms with Crippen molar-refractivity contribution >= 4 is 5.91 Å². The minimum absolute atomic E-state index is 0.0686. The minimum atomic E-state index is 0.0686. The molecule has 0 aromatic rings. The zero-order valence-corrected chi connectivity index (χ0v) is 10.2. The minimum Gasteiger partial charge on any atom is -0.381 e. The normalized spacial score (nSPS) is 33.9. The molecule has 2 unspecified atom stereocenters. The Kier molecular flexibility index (Phi) is 3.33. The van der Waals surface area contributed by atoms with E-state index in [1.54, 1.807) is 0 Å². The lowest BCUT2D eigenvalue weighted by molar-refractivity contribution is -0.141. The molecule has 16 heavy (non-hydrogen) atoms. The molecule has 2 aliphatic rings. The average molecular weight is 223 g/mol. The molecule has 0 spiro atoms. The summed E-state index contributed by atoms with van der Waals surface area (Å²) in [5.41, 5.74) is 0. The molecule has 3 nitrogen and oxygen atoms in total. The third-order valence-corrected chi connectivity index (χ3v) is 3.92. The lowest BCUT2D eigenvalue weighted by Gasteiger charge is -2.48. The lowest BCUT2D eigenvalue weighted by atomic mass is 9.71. The average Bonchev–Trinajstić information content (AvgIpc) is 2.25. The van der Waals surface area contributed by atoms with E-state index in [1.807, 2.05) is 4.90 Å². The van der Waals surface area contributed by atoms with E-state index >= 15 is 0 Å². The van der Waals surface area contributed by atoms with Crippen molar-refractivity contribution in [3.05, 3.63) is 12.7 Å². The van der Waals surface area contributed by atoms with Gasteiger partial charge in [-0.15, -0.1) is 0 Å². The molecule has 0 radical (unpaired) electrons. The summed E-state index contributed by atoms with van der Waals surface area (Å²) >= 11 is 0. The van der Waals surface area contributed by atoms with Crippen LogP contribution in [0.1, 0.15) is 13.8 Å². The Morgan fingerprint density at radius 3 is 2.38 bits per heavy atom. The van der Waals surface area contributed by atoms with E-state index in [2.05, 4.69) is 20.4 Å². The predicted octanol–water partition coefficient (Wildman–Crippen LogP) is 1.55. The fourth-order valence-corrected chi connectivity index (χ4v) is 3.37. The highest BCUT2D eigenvalue weighted by atomic mass is 16.5. The smallest absolute Gasteiger partial charge is 0.245 e. The predicted molar refractivity (Wildman–Crippen MR) is 62.9 cm³/mol. The van der Waals surface area contributed by atoms with E-state index < -0.39 is 0 Å². The fraction of sp³-hybridized carbons (Fsp3) is 0.769. The molecule has 3 heteroatoms. The van der Waals surface area contributed by atoms with Gasteiger partial charge in [0, 0.05) is 24.9 Å². The van der Waals surface area contributed by atoms with E-state index in [1.165, 1.54) is 6.08 Å². The maximum atomic E-state index is 11.6. The monoisotopic (exact) mass is 223 g/mol. The standard InChI is InChI=1S/C13H21NO2/c1-4-12(15)14-5-10-7-16-8-11(6-14)13(10)9(2)3/h4,9-11,13H,1,5-8H2,2-3H3. The third-order valence-electron chi connectivity index (χ3n) is 3.92. The molecule has 2 saturated heterocycles. The number of likely N-dealkylation sites (tertiary alicyclic amines) is 1. The van der Waals surface area contributed by atoms with Gasteiger partial charge in [-0.3, -0.25) is 4.79 Å². The molecule has 2 fully saturated rings. The Morgan fingerprint density at radius 1 is 1.38 bits per heavy atom. The van der Waals surface area contributed by atoms with Gasteiger partial charge in [0.2, 0.25) is 5.91 Å². The zero-order valence-electron chi connectivity index (χ0n) is 10.2. The first-order valence-electron chi connectivity index (χ1n) is 6.12. The molecule has 2 aliphatic heterocycles. The summed E-state index contributed by atoms with van der Waals surface area (Å²) in [6.07, 6.45) is 1.42. The van der Waals surface area contributed by atoms with Crippen LogP contribution in [0.15, 0.2) is 12.7 Å². The quantitative estimate of drug-likeness (QED) is 0.665. The van der Waals surface area contributed by atoms with E-state index in [9.17, 15) is 4.79 Å². The number of amides is 1. The molecular formula is C13H21NO2. The Labute approximate surface area is 97.5 Å². The van der Waals surface area contributed by atoms with Crippen LogP contribution in [0.25, 0.3) is 0 Å².